The Morgan fingerprint density at radius 3 is 1.12 bits per heavy atom. The maximum absolute atomic E-state index is 14.8. The molecule has 11 rings (SSSR count). The van der Waals surface area contributed by atoms with Crippen LogP contribution >= 0.6 is 0 Å². The van der Waals surface area contributed by atoms with Gasteiger partial charge in [0.2, 0.25) is 0 Å². The molecule has 0 bridgehead atoms. The van der Waals surface area contributed by atoms with Crippen LogP contribution in [0.3, 0.4) is 0 Å². The van der Waals surface area contributed by atoms with E-state index in [0.717, 1.165) is 38.2 Å². The van der Waals surface area contributed by atoms with Crippen LogP contribution in [0.1, 0.15) is 79.2 Å². The second-order valence-electron chi connectivity index (χ2n) is 24.2. The van der Waals surface area contributed by atoms with Gasteiger partial charge in [0.05, 0.1) is 63.5 Å². The summed E-state index contributed by atoms with van der Waals surface area (Å²) in [5.74, 6) is -2.20. The quantitative estimate of drug-likeness (QED) is 0.0426. The van der Waals surface area contributed by atoms with Gasteiger partial charge in [-0.2, -0.15) is 0 Å². The highest BCUT2D eigenvalue weighted by Gasteiger charge is 2.61. The third-order valence-corrected chi connectivity index (χ3v) is 21.8. The first-order valence-electron chi connectivity index (χ1n) is 30.2. The van der Waals surface area contributed by atoms with Gasteiger partial charge in [-0.05, 0) is 75.6 Å². The van der Waals surface area contributed by atoms with Crippen molar-refractivity contribution >= 4 is 24.7 Å². The van der Waals surface area contributed by atoms with Gasteiger partial charge in [-0.1, -0.05) is 251 Å². The van der Waals surface area contributed by atoms with Gasteiger partial charge in [0.15, 0.2) is 11.9 Å². The Labute approximate surface area is 508 Å². The zero-order chi connectivity index (χ0) is 59.4. The molecule has 1 saturated carbocycles. The maximum atomic E-state index is 14.8. The molecule has 0 amide bonds. The molecule has 0 spiro atoms. The van der Waals surface area contributed by atoms with E-state index < -0.39 is 87.0 Å². The van der Waals surface area contributed by atoms with E-state index in [1.165, 1.54) is 0 Å². The minimum absolute atomic E-state index is 0.136. The van der Waals surface area contributed by atoms with Crippen LogP contribution in [0.4, 0.5) is 0 Å². The van der Waals surface area contributed by atoms with Crippen molar-refractivity contribution in [3.8, 4) is 0 Å². The van der Waals surface area contributed by atoms with Gasteiger partial charge in [0, 0.05) is 5.92 Å². The fraction of sp³-hybridized carbons (Fsp3) is 0.338. The van der Waals surface area contributed by atoms with Crippen LogP contribution in [-0.4, -0.2) is 87.7 Å². The van der Waals surface area contributed by atoms with Gasteiger partial charge in [-0.3, -0.25) is 0 Å². The number of esters is 1. The number of hydrogen-bond donors (Lipinski definition) is 0. The Kier molecular flexibility index (Phi) is 20.0. The Bertz CT molecular complexity index is 3170. The van der Waals surface area contributed by atoms with Crippen LogP contribution in [0, 0.1) is 5.92 Å². The van der Waals surface area contributed by atoms with Crippen molar-refractivity contribution in [2.75, 3.05) is 6.61 Å². The number of rotatable bonds is 24. The highest BCUT2D eigenvalue weighted by Crippen LogP contribution is 2.46. The van der Waals surface area contributed by atoms with Crippen molar-refractivity contribution in [2.24, 2.45) is 5.92 Å². The molecule has 2 aliphatic heterocycles. The lowest BCUT2D eigenvalue weighted by atomic mass is 9.73. The third kappa shape index (κ3) is 14.6. The van der Waals surface area contributed by atoms with Crippen LogP contribution in [0.15, 0.2) is 243 Å². The lowest BCUT2D eigenvalue weighted by Crippen LogP contribution is -2.68. The predicted molar refractivity (Wildman–Crippen MR) is 335 cm³/mol. The van der Waals surface area contributed by atoms with Gasteiger partial charge >= 0.3 is 5.97 Å². The zero-order valence-electron chi connectivity index (χ0n) is 49.9. The van der Waals surface area contributed by atoms with Gasteiger partial charge in [0.1, 0.15) is 36.6 Å². The second-order valence-corrected chi connectivity index (χ2v) is 28.5. The first-order chi connectivity index (χ1) is 41.9. The first-order valence-corrected chi connectivity index (χ1v) is 32.1. The fourth-order valence-electron chi connectivity index (χ4n) is 12.8. The number of carbonyl (C=O) groups excluding carboxylic acids is 1. The molecule has 11 nitrogen and oxygen atoms in total. The zero-order valence-corrected chi connectivity index (χ0v) is 50.9. The number of ether oxygens (including phenoxy) is 9. The van der Waals surface area contributed by atoms with E-state index in [1.807, 2.05) is 135 Å². The van der Waals surface area contributed by atoms with Crippen molar-refractivity contribution < 1.29 is 51.9 Å². The Hall–Kier alpha value is -6.91. The topological polar surface area (TPSA) is 109 Å². The molecule has 0 radical (unpaired) electrons. The van der Waals surface area contributed by atoms with E-state index in [-0.39, 0.29) is 51.1 Å². The van der Waals surface area contributed by atoms with Gasteiger partial charge < -0.3 is 47.1 Å². The van der Waals surface area contributed by atoms with E-state index in [9.17, 15) is 4.79 Å². The normalized spacial score (nSPS) is 24.6. The summed E-state index contributed by atoms with van der Waals surface area (Å²) in [7, 11) is -3.15. The number of hydrogen-bond acceptors (Lipinski definition) is 11. The Balaban J connectivity index is 1.06. The highest BCUT2D eigenvalue weighted by molar-refractivity contribution is 6.99. The molecule has 2 unspecified atom stereocenters. The summed E-state index contributed by atoms with van der Waals surface area (Å²) >= 11 is 0. The monoisotopic (exact) mass is 1170 g/mol. The molecule has 2 saturated heterocycles. The van der Waals surface area contributed by atoms with E-state index in [0.29, 0.717) is 5.56 Å². The van der Waals surface area contributed by atoms with Crippen LogP contribution in [-0.2, 0) is 80.1 Å². The van der Waals surface area contributed by atoms with Gasteiger partial charge in [-0.25, -0.2) is 4.79 Å². The molecule has 446 valence electrons. The van der Waals surface area contributed by atoms with Crippen molar-refractivity contribution in [3.63, 3.8) is 0 Å². The molecule has 8 aromatic carbocycles. The summed E-state index contributed by atoms with van der Waals surface area (Å²) in [5.41, 5.74) is 5.30. The van der Waals surface area contributed by atoms with Crippen molar-refractivity contribution in [2.45, 2.75) is 146 Å². The molecule has 0 aromatic heterocycles. The molecule has 11 atom stereocenters. The molecule has 3 fully saturated rings. The SMILES string of the molecule is CC1(C)O[C@H]2[C@H](OC(=O)c3ccccc3)[C@@H](CC3[C@@H](OCc4ccccc4)[C@H](OCc4ccccc4)C(OCc4ccccc4)[C@@H](OCc4ccccc4)[C@H]3OCc3ccccc3)O[C@H](CO[Si](c3ccccc3)(c3ccccc3)C(C)(C)C)[C@H]2O1. The third-order valence-electron chi connectivity index (χ3n) is 16.8. The van der Waals surface area contributed by atoms with Crippen molar-refractivity contribution in [3.05, 3.63) is 276 Å². The summed E-state index contributed by atoms with van der Waals surface area (Å²) in [4.78, 5) is 14.8. The summed E-state index contributed by atoms with van der Waals surface area (Å²) in [6.07, 6.45) is -7.61. The van der Waals surface area contributed by atoms with Crippen molar-refractivity contribution in [1.29, 1.82) is 0 Å². The largest absolute Gasteiger partial charge is 0.453 e. The minimum atomic E-state index is -3.15. The van der Waals surface area contributed by atoms with E-state index in [2.05, 4.69) is 130 Å². The lowest BCUT2D eigenvalue weighted by Gasteiger charge is -2.52. The Morgan fingerprint density at radius 1 is 0.419 bits per heavy atom. The molecule has 8 aromatic rings. The molecule has 0 N–H and O–H groups in total. The average molecular weight is 1170 g/mol. The average Bonchev–Trinajstić information content (AvgIpc) is 1.28. The van der Waals surface area contributed by atoms with Crippen LogP contribution in [0.25, 0.3) is 0 Å². The maximum Gasteiger partial charge on any atom is 0.338 e. The van der Waals surface area contributed by atoms with Crippen LogP contribution < -0.4 is 10.4 Å². The minimum Gasteiger partial charge on any atom is -0.453 e. The summed E-state index contributed by atoms with van der Waals surface area (Å²) in [5, 5.41) is 1.92. The summed E-state index contributed by atoms with van der Waals surface area (Å²) in [6.45, 7) is 12.0. The molecule has 1 aliphatic carbocycles. The molecular weight excluding hydrogens is 1090 g/mol. The molecule has 12 heteroatoms. The highest BCUT2D eigenvalue weighted by atomic mass is 28.4. The number of benzene rings is 8. The molecule has 3 aliphatic rings. The van der Waals surface area contributed by atoms with Crippen LogP contribution in [0.5, 0.6) is 0 Å². The first kappa shape index (κ1) is 60.8. The van der Waals surface area contributed by atoms with E-state index in [1.54, 1.807) is 12.1 Å². The Morgan fingerprint density at radius 2 is 0.744 bits per heavy atom. The number of carbonyl (C=O) groups is 1. The van der Waals surface area contributed by atoms with E-state index >= 15 is 0 Å². The second kappa shape index (κ2) is 28.3. The van der Waals surface area contributed by atoms with Crippen LogP contribution in [0.2, 0.25) is 5.04 Å². The number of fused-ring (bicyclic) bond motifs is 1. The summed E-state index contributed by atoms with van der Waals surface area (Å²) < 4.78 is 73.3. The standard InChI is InChI=1S/C74H80O11Si/c1-73(2,3)86(59-42-26-12-27-43-59,60-44-28-13-29-45-60)81-52-63-67-71(85-74(4,5)84-67)66(83-72(75)58-40-24-11-25-41-58)62(82-63)46-61-64(76-47-53-30-14-6-15-31-53)68(78-49-55-34-18-8-19-35-55)70(80-51-57-38-22-10-23-39-57)69(79-50-56-36-20-9-21-37-56)65(61)77-48-54-32-16-7-17-33-54/h6-45,61-71H,46-52H2,1-5H3/t61?,62-,63-,64-,65+,66-,67-,68+,69+,70?,71+/m1/s1. The van der Waals surface area contributed by atoms with Crippen molar-refractivity contribution in [1.82, 2.24) is 0 Å². The predicted octanol–water partition coefficient (Wildman–Crippen LogP) is 13.0. The van der Waals surface area contributed by atoms with Gasteiger partial charge in [0.25, 0.3) is 8.32 Å². The molecule has 2 heterocycles. The molecule has 86 heavy (non-hydrogen) atoms. The molecular formula is C74H80O11Si. The summed E-state index contributed by atoms with van der Waals surface area (Å²) in [6, 6.07) is 81.1. The smallest absolute Gasteiger partial charge is 0.338 e. The fourth-order valence-corrected chi connectivity index (χ4v) is 17.3. The van der Waals surface area contributed by atoms with Gasteiger partial charge in [-0.15, -0.1) is 0 Å². The lowest BCUT2D eigenvalue weighted by molar-refractivity contribution is -0.279. The van der Waals surface area contributed by atoms with E-state index in [4.69, 9.17) is 47.1 Å².